The molecule has 0 aromatic rings. The molecule has 0 saturated carbocycles. The first-order valence-electron chi connectivity index (χ1n) is 2.92. The Kier molecular flexibility index (Phi) is 9.96. The molecular formula is C7H9KO2S. The largest absolute Gasteiger partial charge is 1.00 e. The third-order valence-electron chi connectivity index (χ3n) is 1.03. The van der Waals surface area contributed by atoms with Crippen molar-refractivity contribution in [1.82, 2.24) is 0 Å². The van der Waals surface area contributed by atoms with Crippen LogP contribution >= 0.6 is 12.2 Å². The minimum Gasteiger partial charge on any atom is -0.867 e. The summed E-state index contributed by atoms with van der Waals surface area (Å²) in [6, 6.07) is 0. The van der Waals surface area contributed by atoms with E-state index < -0.39 is 0 Å². The zero-order valence-corrected chi connectivity index (χ0v) is 10.8. The van der Waals surface area contributed by atoms with Gasteiger partial charge in [0.2, 0.25) is 0 Å². The fourth-order valence-corrected chi connectivity index (χ4v) is 0.531. The SMILES string of the molecule is C=C(C)C(=O)CCC([O-])=S.[K+]. The van der Waals surface area contributed by atoms with Crippen LogP contribution in [0.1, 0.15) is 19.8 Å². The fraction of sp³-hybridized carbons (Fsp3) is 0.429. The molecule has 0 aromatic carbocycles. The first-order valence-corrected chi connectivity index (χ1v) is 3.33. The van der Waals surface area contributed by atoms with Gasteiger partial charge in [0.25, 0.3) is 0 Å². The molecule has 0 N–H and O–H groups in total. The van der Waals surface area contributed by atoms with Crippen molar-refractivity contribution in [3.63, 3.8) is 0 Å². The van der Waals surface area contributed by atoms with E-state index in [1.165, 1.54) is 0 Å². The summed E-state index contributed by atoms with van der Waals surface area (Å²) in [5.41, 5.74) is 0.483. The first-order chi connectivity index (χ1) is 4.54. The van der Waals surface area contributed by atoms with Gasteiger partial charge in [-0.05, 0) is 18.9 Å². The van der Waals surface area contributed by atoms with Crippen molar-refractivity contribution < 1.29 is 61.3 Å². The molecule has 0 unspecified atom stereocenters. The Bertz CT molecular complexity index is 177. The second kappa shape index (κ2) is 7.58. The van der Waals surface area contributed by atoms with Crippen LogP contribution in [0.3, 0.4) is 0 Å². The van der Waals surface area contributed by atoms with Crippen LogP contribution in [-0.4, -0.2) is 10.8 Å². The van der Waals surface area contributed by atoms with Gasteiger partial charge in [-0.1, -0.05) is 11.6 Å². The van der Waals surface area contributed by atoms with Gasteiger partial charge < -0.3 is 5.11 Å². The monoisotopic (exact) mass is 196 g/mol. The molecular weight excluding hydrogens is 187 g/mol. The Hall–Kier alpha value is 0.936. The number of thiocarbonyl (C=S) groups is 1. The van der Waals surface area contributed by atoms with Crippen molar-refractivity contribution in [2.75, 3.05) is 0 Å². The summed E-state index contributed by atoms with van der Waals surface area (Å²) < 4.78 is 0. The van der Waals surface area contributed by atoms with Crippen LogP contribution in [0.25, 0.3) is 0 Å². The Morgan fingerprint density at radius 2 is 2.00 bits per heavy atom. The van der Waals surface area contributed by atoms with Crippen LogP contribution in [0.4, 0.5) is 0 Å². The third kappa shape index (κ3) is 8.85. The van der Waals surface area contributed by atoms with E-state index >= 15 is 0 Å². The second-order valence-electron chi connectivity index (χ2n) is 2.08. The number of Topliss-reactive ketones (excluding diaryl/α,β-unsaturated/α-hetero) is 1. The molecule has 2 nitrogen and oxygen atoms in total. The molecule has 0 fully saturated rings. The van der Waals surface area contributed by atoms with Crippen molar-refractivity contribution in [1.29, 1.82) is 0 Å². The molecule has 4 heteroatoms. The van der Waals surface area contributed by atoms with Crippen LogP contribution in [0.2, 0.25) is 0 Å². The van der Waals surface area contributed by atoms with Gasteiger partial charge >= 0.3 is 51.4 Å². The molecule has 0 aliphatic rings. The van der Waals surface area contributed by atoms with Gasteiger partial charge in [-0.3, -0.25) is 4.79 Å². The molecule has 0 heterocycles. The smallest absolute Gasteiger partial charge is 0.867 e. The van der Waals surface area contributed by atoms with Gasteiger partial charge in [0, 0.05) is 6.42 Å². The van der Waals surface area contributed by atoms with E-state index in [0.29, 0.717) is 5.57 Å². The summed E-state index contributed by atoms with van der Waals surface area (Å²) in [5.74, 6) is -0.0850. The van der Waals surface area contributed by atoms with E-state index in [4.69, 9.17) is 0 Å². The molecule has 0 rings (SSSR count). The quantitative estimate of drug-likeness (QED) is 0.286. The van der Waals surface area contributed by atoms with Gasteiger partial charge in [0.05, 0.1) is 0 Å². The molecule has 0 atom stereocenters. The predicted octanol–water partition coefficient (Wildman–Crippen LogP) is -2.40. The van der Waals surface area contributed by atoms with Crippen molar-refractivity contribution >= 4 is 23.1 Å². The second-order valence-corrected chi connectivity index (χ2v) is 2.53. The number of carbonyl (C=O) groups excluding carboxylic acids is 1. The number of ketones is 1. The Morgan fingerprint density at radius 3 is 2.27 bits per heavy atom. The number of hydrogen-bond acceptors (Lipinski definition) is 3. The third-order valence-corrected chi connectivity index (χ3v) is 1.24. The van der Waals surface area contributed by atoms with Gasteiger partial charge in [0.1, 0.15) is 0 Å². The summed E-state index contributed by atoms with van der Waals surface area (Å²) in [4.78, 5) is 10.7. The van der Waals surface area contributed by atoms with Crippen molar-refractivity contribution in [2.24, 2.45) is 0 Å². The van der Waals surface area contributed by atoms with Crippen molar-refractivity contribution in [3.05, 3.63) is 12.2 Å². The molecule has 56 valence electrons. The van der Waals surface area contributed by atoms with Crippen LogP contribution in [0, 0.1) is 0 Å². The minimum absolute atomic E-state index is 0. The molecule has 11 heavy (non-hydrogen) atoms. The molecule has 0 spiro atoms. The van der Waals surface area contributed by atoms with Gasteiger partial charge in [-0.2, -0.15) is 0 Å². The molecule has 0 amide bonds. The zero-order valence-electron chi connectivity index (χ0n) is 6.85. The fourth-order valence-electron chi connectivity index (χ4n) is 0.429. The molecule has 0 aliphatic carbocycles. The number of rotatable bonds is 4. The summed E-state index contributed by atoms with van der Waals surface area (Å²) in [6.45, 7) is 5.06. The van der Waals surface area contributed by atoms with Gasteiger partial charge in [-0.15, -0.1) is 12.2 Å². The molecule has 0 aliphatic heterocycles. The summed E-state index contributed by atoms with van der Waals surface area (Å²) in [7, 11) is 0. The molecule has 0 bridgehead atoms. The molecule has 0 saturated heterocycles. The maximum absolute atomic E-state index is 10.7. The average Bonchev–Trinajstić information content (AvgIpc) is 1.82. The van der Waals surface area contributed by atoms with Crippen molar-refractivity contribution in [2.45, 2.75) is 19.8 Å². The maximum Gasteiger partial charge on any atom is 1.00 e. The minimum atomic E-state index is -0.366. The van der Waals surface area contributed by atoms with Crippen LogP contribution < -0.4 is 56.5 Å². The van der Waals surface area contributed by atoms with E-state index in [0.717, 1.165) is 0 Å². The summed E-state index contributed by atoms with van der Waals surface area (Å²) in [6.07, 6.45) is 0.360. The number of carbonyl (C=O) groups is 1. The summed E-state index contributed by atoms with van der Waals surface area (Å²) >= 11 is 4.26. The van der Waals surface area contributed by atoms with Crippen molar-refractivity contribution in [3.8, 4) is 0 Å². The first kappa shape index (κ1) is 14.5. The average molecular weight is 196 g/mol. The summed E-state index contributed by atoms with van der Waals surface area (Å²) in [5, 5.41) is 9.84. The molecule has 0 radical (unpaired) electrons. The van der Waals surface area contributed by atoms with E-state index in [1.807, 2.05) is 0 Å². The number of hydrogen-bond donors (Lipinski definition) is 0. The molecule has 0 aromatic heterocycles. The standard InChI is InChI=1S/C7H10O2S.K/c1-5(2)6(8)3-4-7(9)10;/h1,3-4H2,2H3,(H,9,10);/q;+1/p-1. The van der Waals surface area contributed by atoms with E-state index in [9.17, 15) is 9.90 Å². The Morgan fingerprint density at radius 1 is 1.55 bits per heavy atom. The maximum atomic E-state index is 10.7. The predicted molar refractivity (Wildman–Crippen MR) is 41.7 cm³/mol. The van der Waals surface area contributed by atoms with Crippen LogP contribution in [0.15, 0.2) is 12.2 Å². The Balaban J connectivity index is 0. The zero-order chi connectivity index (χ0) is 8.15. The number of allylic oxidation sites excluding steroid dienone is 1. The normalized spacial score (nSPS) is 8.09. The van der Waals surface area contributed by atoms with Gasteiger partial charge in [0.15, 0.2) is 5.78 Å². The van der Waals surface area contributed by atoms with Crippen LogP contribution in [0.5, 0.6) is 0 Å². The Labute approximate surface area is 114 Å². The van der Waals surface area contributed by atoms with E-state index in [2.05, 4.69) is 18.8 Å². The van der Waals surface area contributed by atoms with E-state index in [-0.39, 0.29) is 75.1 Å². The van der Waals surface area contributed by atoms with Gasteiger partial charge in [-0.25, -0.2) is 0 Å². The topological polar surface area (TPSA) is 40.1 Å². The van der Waals surface area contributed by atoms with E-state index in [1.54, 1.807) is 6.92 Å². The van der Waals surface area contributed by atoms with Crippen LogP contribution in [-0.2, 0) is 4.79 Å².